The number of nitrogens with zero attached hydrogens (tertiary/aromatic N) is 1. The lowest BCUT2D eigenvalue weighted by atomic mass is 9.98. The van der Waals surface area contributed by atoms with Crippen molar-refractivity contribution in [2.75, 3.05) is 0 Å². The van der Waals surface area contributed by atoms with Gasteiger partial charge in [0.2, 0.25) is 0 Å². The van der Waals surface area contributed by atoms with Crippen molar-refractivity contribution in [1.82, 2.24) is 4.57 Å². The Morgan fingerprint density at radius 1 is 0.633 bits per heavy atom. The molecule has 0 amide bonds. The lowest BCUT2D eigenvalue weighted by Crippen LogP contribution is -1.93. The topological polar surface area (TPSA) is 4.93 Å². The highest BCUT2D eigenvalue weighted by molar-refractivity contribution is 9.11. The Hall–Kier alpha value is -3.36. The fourth-order valence-corrected chi connectivity index (χ4v) is 3.86. The third kappa shape index (κ3) is 3.62. The van der Waals surface area contributed by atoms with Crippen LogP contribution in [0.5, 0.6) is 0 Å². The molecule has 0 aliphatic rings. The molecule has 2 heteroatoms. The molecule has 0 fully saturated rings. The maximum atomic E-state index is 4.31. The fraction of sp³-hybridized carbons (Fsp3) is 0. The van der Waals surface area contributed by atoms with Crippen LogP contribution in [0.15, 0.2) is 127 Å². The second-order valence-electron chi connectivity index (χ2n) is 7.19. The van der Waals surface area contributed by atoms with Crippen molar-refractivity contribution in [3.63, 3.8) is 0 Å². The highest BCUT2D eigenvalue weighted by Crippen LogP contribution is 2.36. The third-order valence-corrected chi connectivity index (χ3v) is 5.50. The first-order chi connectivity index (χ1) is 14.5. The molecule has 0 bridgehead atoms. The van der Waals surface area contributed by atoms with Crippen LogP contribution in [0, 0.1) is 0 Å². The third-order valence-electron chi connectivity index (χ3n) is 5.24. The minimum Gasteiger partial charge on any atom is -0.317 e. The van der Waals surface area contributed by atoms with Crippen LogP contribution in [-0.2, 0) is 0 Å². The van der Waals surface area contributed by atoms with Gasteiger partial charge in [-0.15, -0.1) is 0 Å². The summed E-state index contributed by atoms with van der Waals surface area (Å²) in [5.41, 5.74) is 3.69. The van der Waals surface area contributed by atoms with Gasteiger partial charge in [-0.1, -0.05) is 103 Å². The molecule has 1 nitrogen and oxygen atoms in total. The summed E-state index contributed by atoms with van der Waals surface area (Å²) in [6.45, 7) is 16.3. The summed E-state index contributed by atoms with van der Waals surface area (Å²) in [7, 11) is 0. The molecule has 0 radical (unpaired) electrons. The van der Waals surface area contributed by atoms with E-state index in [1.165, 1.54) is 32.4 Å². The van der Waals surface area contributed by atoms with Crippen LogP contribution >= 0.6 is 15.9 Å². The summed E-state index contributed by atoms with van der Waals surface area (Å²) in [4.78, 5) is 0. The van der Waals surface area contributed by atoms with Crippen molar-refractivity contribution >= 4 is 54.1 Å². The van der Waals surface area contributed by atoms with Crippen LogP contribution in [0.1, 0.15) is 0 Å². The van der Waals surface area contributed by atoms with E-state index in [1.54, 1.807) is 0 Å². The van der Waals surface area contributed by atoms with Crippen molar-refractivity contribution in [2.45, 2.75) is 0 Å². The lowest BCUT2D eigenvalue weighted by Gasteiger charge is -2.11. The quantitative estimate of drug-likeness (QED) is 0.204. The maximum absolute atomic E-state index is 4.31. The average molecular weight is 452 g/mol. The molecular weight excluding hydrogens is 430 g/mol. The Morgan fingerprint density at radius 3 is 1.67 bits per heavy atom. The van der Waals surface area contributed by atoms with Gasteiger partial charge in [-0.3, -0.25) is 0 Å². The van der Waals surface area contributed by atoms with Gasteiger partial charge < -0.3 is 4.57 Å². The van der Waals surface area contributed by atoms with Crippen LogP contribution in [0.3, 0.4) is 0 Å². The molecule has 1 heterocycles. The van der Waals surface area contributed by atoms with Crippen molar-refractivity contribution in [2.24, 2.45) is 0 Å². The molecule has 1 aromatic heterocycles. The van der Waals surface area contributed by atoms with Gasteiger partial charge in [-0.25, -0.2) is 0 Å². The minimum atomic E-state index is 0.794. The summed E-state index contributed by atoms with van der Waals surface area (Å²) in [6, 6.07) is 19.3. The minimum absolute atomic E-state index is 0.794. The monoisotopic (exact) mass is 451 g/mol. The molecule has 4 aromatic rings. The number of hydrogen-bond donors (Lipinski definition) is 0. The molecule has 30 heavy (non-hydrogen) atoms. The normalized spacial score (nSPS) is 11.8. The van der Waals surface area contributed by atoms with E-state index in [-0.39, 0.29) is 0 Å². The van der Waals surface area contributed by atoms with Crippen LogP contribution in [0.4, 0.5) is 0 Å². The van der Waals surface area contributed by atoms with Crippen LogP contribution < -0.4 is 0 Å². The average Bonchev–Trinajstić information content (AvgIpc) is 3.21. The van der Waals surface area contributed by atoms with E-state index in [0.717, 1.165) is 21.3 Å². The smallest absolute Gasteiger partial charge is 0.0613 e. The Morgan fingerprint density at radius 2 is 1.10 bits per heavy atom. The molecule has 0 aliphatic heterocycles. The maximum Gasteiger partial charge on any atom is 0.0613 e. The number of rotatable bonds is 6. The Labute approximate surface area is 185 Å². The lowest BCUT2D eigenvalue weighted by molar-refractivity contribution is 1.19. The Bertz CT molecular complexity index is 1410. The summed E-state index contributed by atoms with van der Waals surface area (Å²) in [5.74, 6) is 0. The van der Waals surface area contributed by atoms with E-state index in [1.807, 2.05) is 24.3 Å². The first-order valence-electron chi connectivity index (χ1n) is 9.66. The molecule has 0 unspecified atom stereocenters. The van der Waals surface area contributed by atoms with Crippen molar-refractivity contribution < 1.29 is 0 Å². The zero-order valence-electron chi connectivity index (χ0n) is 16.7. The van der Waals surface area contributed by atoms with E-state index in [2.05, 4.69) is 108 Å². The highest BCUT2D eigenvalue weighted by atomic mass is 79.9. The van der Waals surface area contributed by atoms with E-state index < -0.39 is 0 Å². The second kappa shape index (κ2) is 8.17. The predicted octanol–water partition coefficient (Wildman–Crippen LogP) is 8.55. The molecular formula is C28H22BrN. The van der Waals surface area contributed by atoms with Crippen LogP contribution in [-0.4, -0.2) is 4.57 Å². The number of aromatic nitrogens is 1. The molecule has 4 rings (SSSR count). The highest BCUT2D eigenvalue weighted by Gasteiger charge is 2.12. The van der Waals surface area contributed by atoms with Crippen LogP contribution in [0.2, 0.25) is 0 Å². The van der Waals surface area contributed by atoms with Crippen molar-refractivity contribution in [1.29, 1.82) is 0 Å². The van der Waals surface area contributed by atoms with E-state index in [0.29, 0.717) is 0 Å². The molecule has 146 valence electrons. The van der Waals surface area contributed by atoms with Gasteiger partial charge in [0.1, 0.15) is 0 Å². The van der Waals surface area contributed by atoms with Crippen LogP contribution in [0.25, 0.3) is 38.1 Å². The van der Waals surface area contributed by atoms with Crippen molar-refractivity contribution in [3.05, 3.63) is 127 Å². The Balaban J connectivity index is 1.79. The van der Waals surface area contributed by atoms with Crippen molar-refractivity contribution in [3.8, 4) is 0 Å². The zero-order chi connectivity index (χ0) is 21.3. The number of halogens is 1. The van der Waals surface area contributed by atoms with Gasteiger partial charge in [0.15, 0.2) is 0 Å². The SMILES string of the molecule is C=C(Br)/C=C\C(=C)C(=C)/C=C\C(=C)n1ccc2c3ccccc3c3ccccc3c21. The number of benzene rings is 3. The molecule has 0 atom stereocenters. The fourth-order valence-electron chi connectivity index (χ4n) is 3.72. The second-order valence-corrected chi connectivity index (χ2v) is 8.21. The molecule has 0 saturated carbocycles. The number of hydrogen-bond acceptors (Lipinski definition) is 0. The summed E-state index contributed by atoms with van der Waals surface area (Å²) in [5, 5.41) is 6.20. The zero-order valence-corrected chi connectivity index (χ0v) is 18.3. The first-order valence-corrected chi connectivity index (χ1v) is 10.4. The summed E-state index contributed by atoms with van der Waals surface area (Å²) < 4.78 is 2.94. The van der Waals surface area contributed by atoms with Gasteiger partial charge in [0, 0.05) is 27.1 Å². The largest absolute Gasteiger partial charge is 0.317 e. The Kier molecular flexibility index (Phi) is 5.43. The van der Waals surface area contributed by atoms with Gasteiger partial charge in [0.25, 0.3) is 0 Å². The summed E-state index contributed by atoms with van der Waals surface area (Å²) >= 11 is 3.31. The molecule has 0 N–H and O–H groups in total. The van der Waals surface area contributed by atoms with Gasteiger partial charge in [-0.05, 0) is 45.5 Å². The first kappa shape index (κ1) is 19.9. The van der Waals surface area contributed by atoms with Gasteiger partial charge >= 0.3 is 0 Å². The number of allylic oxidation sites excluding steroid dienone is 8. The van der Waals surface area contributed by atoms with E-state index in [4.69, 9.17) is 0 Å². The standard InChI is InChI=1S/C28H22BrN/c1-19(13-15-21(3)29)20(2)14-16-22(4)30-18-17-27-25-11-6-5-9-23(25)24-10-7-8-12-26(24)28(27)30/h5-18H,1-4H2/b15-13-,16-14-. The van der Waals surface area contributed by atoms with Gasteiger partial charge in [-0.2, -0.15) is 0 Å². The number of fused-ring (bicyclic) bond motifs is 6. The summed E-state index contributed by atoms with van der Waals surface area (Å²) in [6.07, 6.45) is 9.75. The predicted molar refractivity (Wildman–Crippen MR) is 137 cm³/mol. The molecule has 0 spiro atoms. The molecule has 3 aromatic carbocycles. The molecule has 0 aliphatic carbocycles. The van der Waals surface area contributed by atoms with E-state index in [9.17, 15) is 0 Å². The van der Waals surface area contributed by atoms with E-state index >= 15 is 0 Å². The van der Waals surface area contributed by atoms with Gasteiger partial charge in [0.05, 0.1) is 5.52 Å². The molecule has 0 saturated heterocycles.